The van der Waals surface area contributed by atoms with Crippen molar-refractivity contribution in [2.24, 2.45) is 0 Å². The lowest BCUT2D eigenvalue weighted by Crippen LogP contribution is -2.29. The van der Waals surface area contributed by atoms with Gasteiger partial charge in [-0.25, -0.2) is 5.48 Å². The SMILES string of the molecule is CONC(=O)[C@@H](C)Sc1ccc(Br)cc1. The van der Waals surface area contributed by atoms with Gasteiger partial charge in [-0.1, -0.05) is 15.9 Å². The van der Waals surface area contributed by atoms with Crippen molar-refractivity contribution in [3.8, 4) is 0 Å². The zero-order valence-corrected chi connectivity index (χ0v) is 10.9. The van der Waals surface area contributed by atoms with Crippen LogP contribution in [0.4, 0.5) is 0 Å². The first-order valence-corrected chi connectivity index (χ1v) is 6.06. The Kier molecular flexibility index (Phi) is 5.14. The fraction of sp³-hybridized carbons (Fsp3) is 0.300. The minimum absolute atomic E-state index is 0.134. The maximum Gasteiger partial charge on any atom is 0.256 e. The molecule has 0 spiro atoms. The highest BCUT2D eigenvalue weighted by Gasteiger charge is 2.13. The second-order valence-electron chi connectivity index (χ2n) is 2.88. The second kappa shape index (κ2) is 6.15. The van der Waals surface area contributed by atoms with Gasteiger partial charge >= 0.3 is 0 Å². The number of rotatable bonds is 4. The standard InChI is InChI=1S/C10H12BrNO2S/c1-7(10(13)12-14-2)15-9-5-3-8(11)4-6-9/h3-7H,1-2H3,(H,12,13)/t7-/m1/s1. The van der Waals surface area contributed by atoms with Gasteiger partial charge in [0.2, 0.25) is 0 Å². The third-order valence-corrected chi connectivity index (χ3v) is 3.34. The average molecular weight is 290 g/mol. The van der Waals surface area contributed by atoms with Crippen LogP contribution in [0.3, 0.4) is 0 Å². The zero-order valence-electron chi connectivity index (χ0n) is 8.49. The summed E-state index contributed by atoms with van der Waals surface area (Å²) >= 11 is 4.84. The first-order chi connectivity index (χ1) is 7.13. The summed E-state index contributed by atoms with van der Waals surface area (Å²) in [6.45, 7) is 1.83. The molecule has 0 bridgehead atoms. The number of halogens is 1. The van der Waals surface area contributed by atoms with Gasteiger partial charge in [0.05, 0.1) is 12.4 Å². The van der Waals surface area contributed by atoms with Crippen LogP contribution in [-0.4, -0.2) is 18.3 Å². The van der Waals surface area contributed by atoms with Crippen molar-refractivity contribution in [2.45, 2.75) is 17.1 Å². The van der Waals surface area contributed by atoms with Crippen molar-refractivity contribution < 1.29 is 9.63 Å². The van der Waals surface area contributed by atoms with Gasteiger partial charge < -0.3 is 0 Å². The average Bonchev–Trinajstić information content (AvgIpc) is 2.22. The van der Waals surface area contributed by atoms with Crippen molar-refractivity contribution in [1.82, 2.24) is 5.48 Å². The Morgan fingerprint density at radius 3 is 2.60 bits per heavy atom. The number of hydrogen-bond acceptors (Lipinski definition) is 3. The molecule has 1 rings (SSSR count). The summed E-state index contributed by atoms with van der Waals surface area (Å²) in [6, 6.07) is 7.82. The molecule has 0 radical (unpaired) electrons. The van der Waals surface area contributed by atoms with Crippen LogP contribution in [0.5, 0.6) is 0 Å². The topological polar surface area (TPSA) is 38.3 Å². The van der Waals surface area contributed by atoms with Gasteiger partial charge in [0, 0.05) is 9.37 Å². The van der Waals surface area contributed by atoms with E-state index in [0.717, 1.165) is 9.37 Å². The van der Waals surface area contributed by atoms with Gasteiger partial charge in [0.25, 0.3) is 5.91 Å². The van der Waals surface area contributed by atoms with E-state index < -0.39 is 0 Å². The Labute approximate surface area is 102 Å². The van der Waals surface area contributed by atoms with Crippen LogP contribution in [-0.2, 0) is 9.63 Å². The molecule has 0 fully saturated rings. The van der Waals surface area contributed by atoms with Crippen molar-refractivity contribution in [2.75, 3.05) is 7.11 Å². The lowest BCUT2D eigenvalue weighted by atomic mass is 10.4. The van der Waals surface area contributed by atoms with Crippen LogP contribution in [0.1, 0.15) is 6.92 Å². The van der Waals surface area contributed by atoms with Gasteiger partial charge in [-0.3, -0.25) is 9.63 Å². The van der Waals surface area contributed by atoms with E-state index in [4.69, 9.17) is 0 Å². The molecule has 1 atom stereocenters. The van der Waals surface area contributed by atoms with Gasteiger partial charge in [-0.2, -0.15) is 0 Å². The molecule has 82 valence electrons. The van der Waals surface area contributed by atoms with Crippen LogP contribution < -0.4 is 5.48 Å². The third kappa shape index (κ3) is 4.24. The fourth-order valence-corrected chi connectivity index (χ4v) is 2.08. The summed E-state index contributed by atoms with van der Waals surface area (Å²) in [4.78, 5) is 17.0. The Morgan fingerprint density at radius 1 is 1.47 bits per heavy atom. The Balaban J connectivity index is 2.54. The van der Waals surface area contributed by atoms with Crippen molar-refractivity contribution in [3.63, 3.8) is 0 Å². The van der Waals surface area contributed by atoms with Crippen LogP contribution in [0.2, 0.25) is 0 Å². The molecular formula is C10H12BrNO2S. The summed E-state index contributed by atoms with van der Waals surface area (Å²) in [6.07, 6.45) is 0. The first-order valence-electron chi connectivity index (χ1n) is 4.38. The molecule has 0 aromatic heterocycles. The van der Waals surface area contributed by atoms with E-state index in [1.807, 2.05) is 31.2 Å². The number of thioether (sulfide) groups is 1. The molecule has 5 heteroatoms. The van der Waals surface area contributed by atoms with E-state index in [0.29, 0.717) is 0 Å². The van der Waals surface area contributed by atoms with E-state index in [-0.39, 0.29) is 11.2 Å². The molecule has 0 saturated heterocycles. The number of carbonyl (C=O) groups excluding carboxylic acids is 1. The highest BCUT2D eigenvalue weighted by Crippen LogP contribution is 2.24. The molecular weight excluding hydrogens is 278 g/mol. The van der Waals surface area contributed by atoms with Crippen LogP contribution in [0, 0.1) is 0 Å². The van der Waals surface area contributed by atoms with Crippen LogP contribution in [0.25, 0.3) is 0 Å². The van der Waals surface area contributed by atoms with Gasteiger partial charge in [-0.15, -0.1) is 11.8 Å². The first kappa shape index (κ1) is 12.5. The minimum atomic E-state index is -0.175. The quantitative estimate of drug-likeness (QED) is 0.684. The lowest BCUT2D eigenvalue weighted by molar-refractivity contribution is -0.130. The monoisotopic (exact) mass is 289 g/mol. The van der Waals surface area contributed by atoms with Gasteiger partial charge in [0.15, 0.2) is 0 Å². The molecule has 1 N–H and O–H groups in total. The highest BCUT2D eigenvalue weighted by molar-refractivity contribution is 9.10. The Morgan fingerprint density at radius 2 is 2.07 bits per heavy atom. The van der Waals surface area contributed by atoms with E-state index in [1.54, 1.807) is 0 Å². The van der Waals surface area contributed by atoms with Crippen LogP contribution in [0.15, 0.2) is 33.6 Å². The normalized spacial score (nSPS) is 12.2. The molecule has 15 heavy (non-hydrogen) atoms. The number of amides is 1. The predicted molar refractivity (Wildman–Crippen MR) is 64.6 cm³/mol. The number of hydroxylamine groups is 1. The molecule has 0 aliphatic rings. The van der Waals surface area contributed by atoms with E-state index >= 15 is 0 Å². The summed E-state index contributed by atoms with van der Waals surface area (Å²) < 4.78 is 1.03. The fourth-order valence-electron chi connectivity index (χ4n) is 0.954. The third-order valence-electron chi connectivity index (χ3n) is 1.70. The smallest absolute Gasteiger partial charge is 0.256 e. The summed E-state index contributed by atoms with van der Waals surface area (Å²) in [5.41, 5.74) is 2.31. The largest absolute Gasteiger partial charge is 0.277 e. The van der Waals surface area contributed by atoms with Gasteiger partial charge in [0.1, 0.15) is 0 Å². The molecule has 3 nitrogen and oxygen atoms in total. The number of benzene rings is 1. The Bertz CT molecular complexity index is 329. The van der Waals surface area contributed by atoms with Crippen molar-refractivity contribution >= 4 is 33.6 Å². The maximum absolute atomic E-state index is 11.3. The van der Waals surface area contributed by atoms with E-state index in [2.05, 4.69) is 26.2 Å². The van der Waals surface area contributed by atoms with E-state index in [9.17, 15) is 4.79 Å². The molecule has 0 heterocycles. The second-order valence-corrected chi connectivity index (χ2v) is 5.21. The molecule has 0 aliphatic heterocycles. The predicted octanol–water partition coefficient (Wildman–Crippen LogP) is 2.61. The van der Waals surface area contributed by atoms with Gasteiger partial charge in [-0.05, 0) is 31.2 Å². The molecule has 0 aliphatic carbocycles. The lowest BCUT2D eigenvalue weighted by Gasteiger charge is -2.10. The molecule has 1 aromatic carbocycles. The minimum Gasteiger partial charge on any atom is -0.277 e. The number of nitrogens with one attached hydrogen (secondary N) is 1. The summed E-state index contributed by atoms with van der Waals surface area (Å²) in [5.74, 6) is -0.134. The Hall–Kier alpha value is -0.520. The molecule has 0 saturated carbocycles. The number of carbonyl (C=O) groups is 1. The van der Waals surface area contributed by atoms with E-state index in [1.165, 1.54) is 18.9 Å². The zero-order chi connectivity index (χ0) is 11.3. The highest BCUT2D eigenvalue weighted by atomic mass is 79.9. The summed E-state index contributed by atoms with van der Waals surface area (Å²) in [5, 5.41) is -0.175. The molecule has 0 unspecified atom stereocenters. The molecule has 1 aromatic rings. The number of hydrogen-bond donors (Lipinski definition) is 1. The van der Waals surface area contributed by atoms with Crippen molar-refractivity contribution in [3.05, 3.63) is 28.7 Å². The van der Waals surface area contributed by atoms with Crippen LogP contribution >= 0.6 is 27.7 Å². The summed E-state index contributed by atoms with van der Waals surface area (Å²) in [7, 11) is 1.43. The maximum atomic E-state index is 11.3. The molecule has 1 amide bonds. The van der Waals surface area contributed by atoms with Crippen molar-refractivity contribution in [1.29, 1.82) is 0 Å².